The summed E-state index contributed by atoms with van der Waals surface area (Å²) in [4.78, 5) is 25.6. The molecule has 0 saturated carbocycles. The Bertz CT molecular complexity index is 1010. The average molecular weight is 453 g/mol. The van der Waals surface area contributed by atoms with Gasteiger partial charge in [-0.05, 0) is 31.2 Å². The maximum absolute atomic E-state index is 12.9. The first-order valence-electron chi connectivity index (χ1n) is 9.49. The van der Waals surface area contributed by atoms with Crippen LogP contribution in [0.3, 0.4) is 0 Å². The van der Waals surface area contributed by atoms with Crippen LogP contribution in [0.15, 0.2) is 33.6 Å². The van der Waals surface area contributed by atoms with Crippen LogP contribution in [0.25, 0.3) is 0 Å². The predicted molar refractivity (Wildman–Crippen MR) is 107 cm³/mol. The van der Waals surface area contributed by atoms with Crippen molar-refractivity contribution in [2.45, 2.75) is 18.4 Å². The van der Waals surface area contributed by atoms with Crippen LogP contribution in [0.1, 0.15) is 23.2 Å². The highest BCUT2D eigenvalue weighted by Gasteiger charge is 2.30. The number of carbonyl (C=O) groups excluding carboxylic acids is 2. The van der Waals surface area contributed by atoms with Crippen molar-refractivity contribution in [2.75, 3.05) is 45.2 Å². The molecule has 2 aromatic rings. The quantitative estimate of drug-likeness (QED) is 0.647. The van der Waals surface area contributed by atoms with E-state index in [0.717, 1.165) is 0 Å². The Morgan fingerprint density at radius 3 is 2.42 bits per heavy atom. The van der Waals surface area contributed by atoms with E-state index in [9.17, 15) is 18.0 Å². The number of anilines is 1. The van der Waals surface area contributed by atoms with Gasteiger partial charge in [-0.3, -0.25) is 10.1 Å². The van der Waals surface area contributed by atoms with Crippen LogP contribution in [0, 0.1) is 0 Å². The molecule has 0 aliphatic carbocycles. The normalized spacial score (nSPS) is 15.0. The number of hydrogen-bond acceptors (Lipinski definition) is 9. The number of carbonyl (C=O) groups is 2. The molecule has 0 atom stereocenters. The van der Waals surface area contributed by atoms with Gasteiger partial charge in [0.1, 0.15) is 6.61 Å². The summed E-state index contributed by atoms with van der Waals surface area (Å²) >= 11 is 0. The lowest BCUT2D eigenvalue weighted by Crippen LogP contribution is -2.50. The maximum atomic E-state index is 12.9. The molecule has 13 heteroatoms. The van der Waals surface area contributed by atoms with E-state index in [2.05, 4.69) is 15.5 Å². The lowest BCUT2D eigenvalue weighted by atomic mass is 10.2. The van der Waals surface area contributed by atoms with Gasteiger partial charge < -0.3 is 18.8 Å². The van der Waals surface area contributed by atoms with Crippen LogP contribution in [0.4, 0.5) is 10.8 Å². The van der Waals surface area contributed by atoms with E-state index in [1.807, 2.05) is 0 Å². The molecule has 12 nitrogen and oxygen atoms in total. The van der Waals surface area contributed by atoms with Gasteiger partial charge >= 0.3 is 12.1 Å². The molecule has 1 saturated heterocycles. The summed E-state index contributed by atoms with van der Waals surface area (Å²) in [6.07, 6.45) is -0.453. The van der Waals surface area contributed by atoms with E-state index in [4.69, 9.17) is 13.9 Å². The Kier molecular flexibility index (Phi) is 7.20. The molecule has 1 aromatic heterocycles. The number of benzene rings is 1. The molecule has 0 radical (unpaired) electrons. The molecule has 1 aliphatic heterocycles. The molecule has 2 amide bonds. The van der Waals surface area contributed by atoms with Crippen molar-refractivity contribution in [3.05, 3.63) is 35.7 Å². The van der Waals surface area contributed by atoms with Gasteiger partial charge in [-0.15, -0.1) is 5.10 Å². The summed E-state index contributed by atoms with van der Waals surface area (Å²) in [6, 6.07) is 5.40. The van der Waals surface area contributed by atoms with E-state index in [1.165, 1.54) is 40.6 Å². The molecule has 0 spiro atoms. The van der Waals surface area contributed by atoms with E-state index in [-0.39, 0.29) is 61.8 Å². The Balaban J connectivity index is 1.62. The second-order valence-corrected chi connectivity index (χ2v) is 8.44. The monoisotopic (exact) mass is 453 g/mol. The average Bonchev–Trinajstić information content (AvgIpc) is 3.21. The van der Waals surface area contributed by atoms with E-state index in [1.54, 1.807) is 6.92 Å². The van der Waals surface area contributed by atoms with Crippen LogP contribution >= 0.6 is 0 Å². The molecule has 0 unspecified atom stereocenters. The number of methoxy groups -OCH3 is 1. The van der Waals surface area contributed by atoms with E-state index in [0.29, 0.717) is 0 Å². The van der Waals surface area contributed by atoms with Crippen molar-refractivity contribution in [1.82, 2.24) is 19.4 Å². The molecule has 1 fully saturated rings. The number of hydrogen-bond donors (Lipinski definition) is 1. The molecule has 1 aliphatic rings. The summed E-state index contributed by atoms with van der Waals surface area (Å²) in [5.74, 6) is -0.318. The number of nitrogens with zero attached hydrogens (tertiary/aromatic N) is 4. The SMILES string of the molecule is CCOC(=O)N1CCN(S(=O)(=O)c2ccc(C(=O)Nc3nnc(COC)o3)cc2)CC1. The van der Waals surface area contributed by atoms with Crippen LogP contribution in [0.5, 0.6) is 0 Å². The van der Waals surface area contributed by atoms with Gasteiger partial charge in [-0.1, -0.05) is 5.10 Å². The molecule has 3 rings (SSSR count). The fourth-order valence-corrected chi connectivity index (χ4v) is 4.33. The zero-order chi connectivity index (χ0) is 22.4. The fraction of sp³-hybridized carbons (Fsp3) is 0.444. The minimum atomic E-state index is -3.76. The van der Waals surface area contributed by atoms with Crippen LogP contribution in [0.2, 0.25) is 0 Å². The number of nitrogens with one attached hydrogen (secondary N) is 1. The molecule has 2 heterocycles. The highest BCUT2D eigenvalue weighted by Crippen LogP contribution is 2.19. The Morgan fingerprint density at radius 1 is 1.13 bits per heavy atom. The van der Waals surface area contributed by atoms with Gasteiger partial charge in [-0.25, -0.2) is 13.2 Å². The first kappa shape index (κ1) is 22.7. The van der Waals surface area contributed by atoms with Crippen molar-refractivity contribution in [2.24, 2.45) is 0 Å². The van der Waals surface area contributed by atoms with Gasteiger partial charge in [0.15, 0.2) is 0 Å². The summed E-state index contributed by atoms with van der Waals surface area (Å²) in [7, 11) is -2.29. The van der Waals surface area contributed by atoms with Crippen molar-refractivity contribution in [1.29, 1.82) is 0 Å². The molecule has 0 bridgehead atoms. The van der Waals surface area contributed by atoms with Crippen molar-refractivity contribution in [3.63, 3.8) is 0 Å². The van der Waals surface area contributed by atoms with Crippen molar-refractivity contribution < 1.29 is 31.9 Å². The third kappa shape index (κ3) is 5.37. The molecule has 31 heavy (non-hydrogen) atoms. The number of amides is 2. The number of piperazine rings is 1. The second kappa shape index (κ2) is 9.85. The molecular weight excluding hydrogens is 430 g/mol. The number of rotatable bonds is 7. The Morgan fingerprint density at radius 2 is 1.81 bits per heavy atom. The maximum Gasteiger partial charge on any atom is 0.409 e. The zero-order valence-corrected chi connectivity index (χ0v) is 17.9. The van der Waals surface area contributed by atoms with Gasteiger partial charge in [-0.2, -0.15) is 4.31 Å². The zero-order valence-electron chi connectivity index (χ0n) is 17.1. The fourth-order valence-electron chi connectivity index (χ4n) is 2.91. The van der Waals surface area contributed by atoms with Crippen LogP contribution < -0.4 is 5.32 Å². The summed E-state index contributed by atoms with van der Waals surface area (Å²) in [5, 5.41) is 9.82. The highest BCUT2D eigenvalue weighted by molar-refractivity contribution is 7.89. The first-order chi connectivity index (χ1) is 14.8. The van der Waals surface area contributed by atoms with Crippen LogP contribution in [-0.2, 0) is 26.1 Å². The van der Waals surface area contributed by atoms with Gasteiger partial charge in [0, 0.05) is 38.9 Å². The lowest BCUT2D eigenvalue weighted by molar-refractivity contribution is 0.0933. The van der Waals surface area contributed by atoms with E-state index >= 15 is 0 Å². The number of aromatic nitrogens is 2. The van der Waals surface area contributed by atoms with Crippen LogP contribution in [-0.4, -0.2) is 79.7 Å². The third-order valence-corrected chi connectivity index (χ3v) is 6.39. The minimum absolute atomic E-state index is 0.0498. The minimum Gasteiger partial charge on any atom is -0.450 e. The summed E-state index contributed by atoms with van der Waals surface area (Å²) < 4.78 is 42.0. The summed E-state index contributed by atoms with van der Waals surface area (Å²) in [6.45, 7) is 2.89. The molecule has 1 N–H and O–H groups in total. The van der Waals surface area contributed by atoms with Crippen molar-refractivity contribution >= 4 is 28.0 Å². The molecule has 168 valence electrons. The van der Waals surface area contributed by atoms with E-state index < -0.39 is 22.0 Å². The van der Waals surface area contributed by atoms with Gasteiger partial charge in [0.25, 0.3) is 5.91 Å². The summed E-state index contributed by atoms with van der Waals surface area (Å²) in [5.41, 5.74) is 0.220. The standard InChI is InChI=1S/C18H23N5O7S/c1-3-29-18(25)22-8-10-23(11-9-22)31(26,27)14-6-4-13(5-7-14)16(24)19-17-21-20-15(30-17)12-28-2/h4-7H,3,8-12H2,1-2H3,(H,19,21,24). The molecular formula is C18H23N5O7S. The van der Waals surface area contributed by atoms with Crippen molar-refractivity contribution in [3.8, 4) is 0 Å². The van der Waals surface area contributed by atoms with Gasteiger partial charge in [0.05, 0.1) is 11.5 Å². The third-order valence-electron chi connectivity index (χ3n) is 4.47. The first-order valence-corrected chi connectivity index (χ1v) is 10.9. The number of sulfonamides is 1. The Hall–Kier alpha value is -3.03. The Labute approximate surface area is 179 Å². The predicted octanol–water partition coefficient (Wildman–Crippen LogP) is 0.931. The number of ether oxygens (including phenoxy) is 2. The second-order valence-electron chi connectivity index (χ2n) is 6.50. The molecule has 1 aromatic carbocycles. The van der Waals surface area contributed by atoms with Gasteiger partial charge in [0.2, 0.25) is 15.9 Å². The topological polar surface area (TPSA) is 144 Å². The largest absolute Gasteiger partial charge is 0.450 e. The highest BCUT2D eigenvalue weighted by atomic mass is 32.2. The smallest absolute Gasteiger partial charge is 0.409 e. The lowest BCUT2D eigenvalue weighted by Gasteiger charge is -2.33.